The average Bonchev–Trinajstić information content (AvgIpc) is 2.74. The lowest BCUT2D eigenvalue weighted by molar-refractivity contribution is -0.123. The van der Waals surface area contributed by atoms with Crippen LogP contribution in [-0.4, -0.2) is 24.8 Å². The first-order valence-electron chi connectivity index (χ1n) is 7.36. The number of halogens is 1. The molecule has 0 heterocycles. The fraction of sp³-hybridized carbons (Fsp3) is 0.500. The highest BCUT2D eigenvalue weighted by atomic mass is 35.5. The van der Waals surface area contributed by atoms with Crippen LogP contribution in [0.3, 0.4) is 0 Å². The molecule has 0 aromatic heterocycles. The molecule has 1 aromatic carbocycles. The molecular weight excluding hydrogens is 290 g/mol. The number of rotatable bonds is 5. The minimum Gasteiger partial charge on any atom is -0.482 e. The molecule has 1 aliphatic rings. The van der Waals surface area contributed by atoms with Gasteiger partial charge in [0.25, 0.3) is 5.91 Å². The fourth-order valence-corrected chi connectivity index (χ4v) is 2.79. The third-order valence-corrected chi connectivity index (χ3v) is 3.97. The van der Waals surface area contributed by atoms with Crippen LogP contribution in [0.4, 0.5) is 0 Å². The smallest absolute Gasteiger partial charge is 0.258 e. The van der Waals surface area contributed by atoms with E-state index in [1.165, 1.54) is 31.7 Å². The van der Waals surface area contributed by atoms with E-state index in [1.54, 1.807) is 12.1 Å². The lowest BCUT2D eigenvalue weighted by Crippen LogP contribution is -2.37. The Morgan fingerprint density at radius 3 is 2.62 bits per heavy atom. The third-order valence-electron chi connectivity index (χ3n) is 3.67. The molecule has 1 fully saturated rings. The minimum atomic E-state index is -0.127. The van der Waals surface area contributed by atoms with Crippen molar-refractivity contribution < 1.29 is 14.3 Å². The first-order chi connectivity index (χ1) is 10.2. The number of aldehydes is 1. The lowest BCUT2D eigenvalue weighted by atomic mass is 10.1. The maximum atomic E-state index is 11.9. The van der Waals surface area contributed by atoms with Crippen molar-refractivity contribution in [3.8, 4) is 5.75 Å². The topological polar surface area (TPSA) is 55.4 Å². The molecule has 4 nitrogen and oxygen atoms in total. The number of hydrogen-bond donors (Lipinski definition) is 1. The number of carbonyl (C=O) groups excluding carboxylic acids is 2. The van der Waals surface area contributed by atoms with Gasteiger partial charge >= 0.3 is 0 Å². The highest BCUT2D eigenvalue weighted by Gasteiger charge is 2.15. The van der Waals surface area contributed by atoms with Crippen molar-refractivity contribution in [2.24, 2.45) is 0 Å². The first-order valence-corrected chi connectivity index (χ1v) is 7.74. The van der Waals surface area contributed by atoms with Crippen LogP contribution >= 0.6 is 11.6 Å². The van der Waals surface area contributed by atoms with E-state index in [1.807, 2.05) is 0 Å². The van der Waals surface area contributed by atoms with Gasteiger partial charge in [-0.15, -0.1) is 0 Å². The second-order valence-corrected chi connectivity index (χ2v) is 5.76. The van der Waals surface area contributed by atoms with E-state index in [0.717, 1.165) is 12.8 Å². The number of nitrogens with one attached hydrogen (secondary N) is 1. The van der Waals surface area contributed by atoms with Crippen LogP contribution in [0.2, 0.25) is 5.02 Å². The summed E-state index contributed by atoms with van der Waals surface area (Å²) in [4.78, 5) is 22.5. The van der Waals surface area contributed by atoms with Crippen LogP contribution in [-0.2, 0) is 4.79 Å². The number of benzene rings is 1. The summed E-state index contributed by atoms with van der Waals surface area (Å²) in [7, 11) is 0. The Bertz CT molecular complexity index is 496. The van der Waals surface area contributed by atoms with Gasteiger partial charge in [-0.05, 0) is 31.0 Å². The Balaban J connectivity index is 1.81. The summed E-state index contributed by atoms with van der Waals surface area (Å²) in [6.07, 6.45) is 7.65. The summed E-state index contributed by atoms with van der Waals surface area (Å²) in [6.45, 7) is -0.0589. The normalized spacial score (nSPS) is 16.0. The zero-order chi connectivity index (χ0) is 15.1. The number of hydrogen-bond acceptors (Lipinski definition) is 3. The van der Waals surface area contributed by atoms with Crippen molar-refractivity contribution in [2.45, 2.75) is 44.6 Å². The van der Waals surface area contributed by atoms with Gasteiger partial charge in [0.05, 0.1) is 5.02 Å². The summed E-state index contributed by atoms with van der Waals surface area (Å²) < 4.78 is 5.41. The molecule has 1 aromatic rings. The van der Waals surface area contributed by atoms with Crippen molar-refractivity contribution in [1.82, 2.24) is 5.32 Å². The second kappa shape index (κ2) is 8.03. The summed E-state index contributed by atoms with van der Waals surface area (Å²) in [5, 5.41) is 3.34. The molecule has 0 unspecified atom stereocenters. The maximum Gasteiger partial charge on any atom is 0.258 e. The van der Waals surface area contributed by atoms with E-state index < -0.39 is 0 Å². The summed E-state index contributed by atoms with van der Waals surface area (Å²) in [6, 6.07) is 4.99. The van der Waals surface area contributed by atoms with Gasteiger partial charge in [-0.3, -0.25) is 9.59 Å². The lowest BCUT2D eigenvalue weighted by Gasteiger charge is -2.16. The molecule has 1 aliphatic carbocycles. The van der Waals surface area contributed by atoms with Gasteiger partial charge in [-0.1, -0.05) is 37.3 Å². The Morgan fingerprint density at radius 2 is 2.00 bits per heavy atom. The van der Waals surface area contributed by atoms with Gasteiger partial charge in [-0.2, -0.15) is 0 Å². The van der Waals surface area contributed by atoms with E-state index in [2.05, 4.69) is 5.32 Å². The molecule has 114 valence electrons. The van der Waals surface area contributed by atoms with Crippen LogP contribution < -0.4 is 10.1 Å². The largest absolute Gasteiger partial charge is 0.482 e. The Kier molecular flexibility index (Phi) is 6.05. The summed E-state index contributed by atoms with van der Waals surface area (Å²) in [5.74, 6) is 0.288. The first kappa shape index (κ1) is 15.8. The third kappa shape index (κ3) is 5.05. The van der Waals surface area contributed by atoms with E-state index in [-0.39, 0.29) is 18.6 Å². The maximum absolute atomic E-state index is 11.9. The van der Waals surface area contributed by atoms with Gasteiger partial charge in [-0.25, -0.2) is 0 Å². The standard InChI is InChI=1S/C16H20ClNO3/c17-14-9-12(10-19)7-8-15(14)21-11-16(20)18-13-5-3-1-2-4-6-13/h7-10,13H,1-6,11H2,(H,18,20). The number of ether oxygens (including phenoxy) is 1. The zero-order valence-corrected chi connectivity index (χ0v) is 12.7. The average molecular weight is 310 g/mol. The van der Waals surface area contributed by atoms with Crippen molar-refractivity contribution in [1.29, 1.82) is 0 Å². The van der Waals surface area contributed by atoms with Crippen LogP contribution in [0.25, 0.3) is 0 Å². The van der Waals surface area contributed by atoms with Gasteiger partial charge < -0.3 is 10.1 Å². The van der Waals surface area contributed by atoms with Gasteiger partial charge in [0.15, 0.2) is 6.61 Å². The van der Waals surface area contributed by atoms with E-state index in [9.17, 15) is 9.59 Å². The van der Waals surface area contributed by atoms with Crippen LogP contribution in [0.1, 0.15) is 48.9 Å². The monoisotopic (exact) mass is 309 g/mol. The molecule has 0 aliphatic heterocycles. The number of amides is 1. The van der Waals surface area contributed by atoms with E-state index in [0.29, 0.717) is 22.6 Å². The van der Waals surface area contributed by atoms with Crippen LogP contribution in [0.5, 0.6) is 5.75 Å². The van der Waals surface area contributed by atoms with Gasteiger partial charge in [0.1, 0.15) is 12.0 Å². The SMILES string of the molecule is O=Cc1ccc(OCC(=O)NC2CCCCCC2)c(Cl)c1. The second-order valence-electron chi connectivity index (χ2n) is 5.35. The highest BCUT2D eigenvalue weighted by Crippen LogP contribution is 2.24. The predicted octanol–water partition coefficient (Wildman–Crippen LogP) is 3.37. The molecule has 21 heavy (non-hydrogen) atoms. The zero-order valence-electron chi connectivity index (χ0n) is 11.9. The molecule has 1 amide bonds. The van der Waals surface area contributed by atoms with Crippen LogP contribution in [0, 0.1) is 0 Å². The number of carbonyl (C=O) groups is 2. The molecule has 1 saturated carbocycles. The van der Waals surface area contributed by atoms with Crippen molar-refractivity contribution in [3.05, 3.63) is 28.8 Å². The molecule has 0 saturated heterocycles. The molecule has 0 spiro atoms. The minimum absolute atomic E-state index is 0.0589. The van der Waals surface area contributed by atoms with E-state index >= 15 is 0 Å². The molecule has 5 heteroatoms. The predicted molar refractivity (Wildman–Crippen MR) is 82.0 cm³/mol. The van der Waals surface area contributed by atoms with Gasteiger partial charge in [0, 0.05) is 11.6 Å². The quantitative estimate of drug-likeness (QED) is 0.670. The molecule has 1 N–H and O–H groups in total. The Labute approximate surface area is 129 Å². The Hall–Kier alpha value is -1.55. The van der Waals surface area contributed by atoms with E-state index in [4.69, 9.17) is 16.3 Å². The fourth-order valence-electron chi connectivity index (χ4n) is 2.54. The molecule has 0 bridgehead atoms. The molecule has 2 rings (SSSR count). The van der Waals surface area contributed by atoms with Gasteiger partial charge in [0.2, 0.25) is 0 Å². The molecule has 0 atom stereocenters. The van der Waals surface area contributed by atoms with Crippen molar-refractivity contribution >= 4 is 23.8 Å². The Morgan fingerprint density at radius 1 is 1.29 bits per heavy atom. The summed E-state index contributed by atoms with van der Waals surface area (Å²) >= 11 is 5.99. The highest BCUT2D eigenvalue weighted by molar-refractivity contribution is 6.32. The molecular formula is C16H20ClNO3. The molecule has 0 radical (unpaired) electrons. The summed E-state index contributed by atoms with van der Waals surface area (Å²) in [5.41, 5.74) is 0.482. The van der Waals surface area contributed by atoms with Crippen molar-refractivity contribution in [3.63, 3.8) is 0 Å². The van der Waals surface area contributed by atoms with Crippen molar-refractivity contribution in [2.75, 3.05) is 6.61 Å². The van der Waals surface area contributed by atoms with Crippen LogP contribution in [0.15, 0.2) is 18.2 Å².